The summed E-state index contributed by atoms with van der Waals surface area (Å²) in [5.41, 5.74) is 18.9. The van der Waals surface area contributed by atoms with Gasteiger partial charge in [-0.3, -0.25) is 4.57 Å². The van der Waals surface area contributed by atoms with Crippen LogP contribution in [0, 0.1) is 0 Å². The number of para-hydroxylation sites is 1. The van der Waals surface area contributed by atoms with E-state index in [1.165, 1.54) is 61.1 Å². The quantitative estimate of drug-likeness (QED) is 0.129. The fraction of sp³-hybridized carbons (Fsp3) is 0.254. The Kier molecular flexibility index (Phi) is 12.8. The van der Waals surface area contributed by atoms with Crippen LogP contribution in [0.3, 0.4) is 0 Å². The van der Waals surface area contributed by atoms with Crippen molar-refractivity contribution in [1.82, 2.24) is 9.55 Å². The van der Waals surface area contributed by atoms with Gasteiger partial charge in [0.1, 0.15) is 24.0 Å². The molecule has 1 aliphatic rings. The van der Waals surface area contributed by atoms with Gasteiger partial charge in [-0.25, -0.2) is 4.98 Å². The third-order valence-electron chi connectivity index (χ3n) is 15.8. The summed E-state index contributed by atoms with van der Waals surface area (Å²) in [6, 6.07) is 69.3. The Morgan fingerprint density at radius 3 is 1.76 bits per heavy atom. The highest BCUT2D eigenvalue weighted by atomic mass is 16.5. The van der Waals surface area contributed by atoms with E-state index < -0.39 is 0 Å². The third-order valence-corrected chi connectivity index (χ3v) is 15.8. The number of fused-ring (bicyclic) bond motifs is 4. The highest BCUT2D eigenvalue weighted by Gasteiger charge is 2.33. The Hall–Kier alpha value is -7.89. The number of benzene rings is 8. The number of nitrogens with zero attached hydrogens (tertiary/aromatic N) is 4. The zero-order valence-corrected chi connectivity index (χ0v) is 46.5. The summed E-state index contributed by atoms with van der Waals surface area (Å²) in [4.78, 5) is 10.0. The molecule has 5 nitrogen and oxygen atoms in total. The molecule has 0 fully saturated rings. The second-order valence-corrected chi connectivity index (χ2v) is 24.2. The topological polar surface area (TPSA) is 33.5 Å². The first-order chi connectivity index (χ1) is 36.3. The smallest absolute Gasteiger partial charge is 0.137 e. The van der Waals surface area contributed by atoms with Crippen LogP contribution < -0.4 is 14.5 Å². The molecule has 0 N–H and O–H groups in total. The number of anilines is 4. The predicted octanol–water partition coefficient (Wildman–Crippen LogP) is 19.7. The van der Waals surface area contributed by atoms with Crippen molar-refractivity contribution in [2.75, 3.05) is 16.5 Å². The van der Waals surface area contributed by atoms with E-state index in [0.717, 1.165) is 56.4 Å². The van der Waals surface area contributed by atoms with Crippen LogP contribution >= 0.6 is 0 Å². The van der Waals surface area contributed by atoms with Crippen molar-refractivity contribution in [3.63, 3.8) is 0 Å². The van der Waals surface area contributed by atoms with Gasteiger partial charge < -0.3 is 14.5 Å². The fourth-order valence-electron chi connectivity index (χ4n) is 11.3. The molecule has 0 saturated heterocycles. The van der Waals surface area contributed by atoms with E-state index in [2.05, 4.69) is 286 Å². The van der Waals surface area contributed by atoms with E-state index in [1.807, 2.05) is 6.20 Å². The molecule has 1 aliphatic heterocycles. The lowest BCUT2D eigenvalue weighted by atomic mass is 9.78. The van der Waals surface area contributed by atoms with Gasteiger partial charge in [-0.2, -0.15) is 0 Å². The first-order valence-corrected chi connectivity index (χ1v) is 27.3. The molecule has 10 aromatic rings. The number of hydrogen-bond acceptors (Lipinski definition) is 4. The number of pyridine rings is 1. The zero-order valence-electron chi connectivity index (χ0n) is 46.5. The van der Waals surface area contributed by atoms with Crippen LogP contribution in [0.4, 0.5) is 22.7 Å². The minimum atomic E-state index is -0.367. The molecule has 11 rings (SSSR count). The maximum Gasteiger partial charge on any atom is 0.137 e. The maximum absolute atomic E-state index is 7.24. The van der Waals surface area contributed by atoms with Gasteiger partial charge >= 0.3 is 0 Å². The summed E-state index contributed by atoms with van der Waals surface area (Å²) in [7, 11) is 0. The van der Waals surface area contributed by atoms with Gasteiger partial charge in [0.25, 0.3) is 0 Å². The van der Waals surface area contributed by atoms with Crippen LogP contribution in [0.1, 0.15) is 128 Å². The van der Waals surface area contributed by atoms with Crippen LogP contribution in [0.2, 0.25) is 0 Å². The van der Waals surface area contributed by atoms with Crippen molar-refractivity contribution < 1.29 is 4.74 Å². The second kappa shape index (κ2) is 19.4. The van der Waals surface area contributed by atoms with E-state index in [4.69, 9.17) is 9.72 Å². The summed E-state index contributed by atoms with van der Waals surface area (Å²) >= 11 is 0. The van der Waals surface area contributed by atoms with Crippen LogP contribution in [0.25, 0.3) is 49.9 Å². The molecular formula is C71H72N4O. The summed E-state index contributed by atoms with van der Waals surface area (Å²) in [5, 5.41) is 2.33. The van der Waals surface area contributed by atoms with Crippen LogP contribution in [-0.4, -0.2) is 16.2 Å². The Morgan fingerprint density at radius 2 is 1.07 bits per heavy atom. The molecule has 5 heteroatoms. The van der Waals surface area contributed by atoms with Crippen molar-refractivity contribution in [2.45, 2.75) is 111 Å². The molecule has 0 radical (unpaired) electrons. The van der Waals surface area contributed by atoms with E-state index >= 15 is 0 Å². The Bertz CT molecular complexity index is 3750. The third kappa shape index (κ3) is 9.35. The van der Waals surface area contributed by atoms with E-state index in [9.17, 15) is 0 Å². The molecule has 0 aliphatic carbocycles. The van der Waals surface area contributed by atoms with Crippen molar-refractivity contribution in [2.24, 2.45) is 0 Å². The Balaban J connectivity index is 1.11. The summed E-state index contributed by atoms with van der Waals surface area (Å²) in [6.45, 7) is 28.2. The molecular weight excluding hydrogens is 925 g/mol. The molecule has 0 unspecified atom stereocenters. The minimum absolute atomic E-state index is 0.0351. The average molecular weight is 997 g/mol. The van der Waals surface area contributed by atoms with Crippen molar-refractivity contribution in [3.8, 4) is 39.6 Å². The van der Waals surface area contributed by atoms with Crippen LogP contribution in [0.15, 0.2) is 194 Å². The summed E-state index contributed by atoms with van der Waals surface area (Å²) in [6.07, 6.45) is 1.94. The number of rotatable bonds is 11. The van der Waals surface area contributed by atoms with Gasteiger partial charge in [0.15, 0.2) is 0 Å². The first-order valence-electron chi connectivity index (χ1n) is 27.3. The maximum atomic E-state index is 7.24. The molecule has 2 aromatic heterocycles. The van der Waals surface area contributed by atoms with E-state index in [-0.39, 0.29) is 16.2 Å². The largest absolute Gasteiger partial charge is 0.457 e. The molecule has 8 aromatic carbocycles. The fourth-order valence-corrected chi connectivity index (χ4v) is 11.3. The number of ether oxygens (including phenoxy) is 1. The SMILES string of the molecule is CC(C)c1cccc(C(C)C)c1-c1ccc2c(c1)N(c1cc(Oc3ccc4c5ccccc5n(-c5cc(C(C)(C)C)ccn5)c4c3)cc(C(C)(C)c3ccccc3)c1)CN2c1cc(-c2ccccc2)cc(C(C)(C)C)c1. The molecule has 0 amide bonds. The van der Waals surface area contributed by atoms with Crippen molar-refractivity contribution in [3.05, 3.63) is 228 Å². The lowest BCUT2D eigenvalue weighted by Crippen LogP contribution is -2.25. The Morgan fingerprint density at radius 1 is 0.434 bits per heavy atom. The Labute approximate surface area is 451 Å². The standard InChI is InChI=1S/C71H72N4O/c1-46(2)59-27-21-28-60(47(3)4)68(59)49-30-33-64-66(38-49)74(45-73(64)55-37-50(48-22-15-13-16-23-48)36-53(39-55)70(8,9)10)56-40-54(71(11,12)51-24-17-14-18-25-51)41-58(43-56)76-57-31-32-62-61-26-19-20-29-63(61)75(65(62)44-57)67-42-52(34-35-72-67)69(5,6)7/h13-44,46-47H,45H2,1-12H3. The summed E-state index contributed by atoms with van der Waals surface area (Å²) < 4.78 is 9.54. The van der Waals surface area contributed by atoms with Gasteiger partial charge in [0.05, 0.1) is 22.4 Å². The van der Waals surface area contributed by atoms with Crippen molar-refractivity contribution in [1.29, 1.82) is 0 Å². The molecule has 382 valence electrons. The second-order valence-electron chi connectivity index (χ2n) is 24.2. The van der Waals surface area contributed by atoms with Gasteiger partial charge in [-0.05, 0) is 145 Å². The first kappa shape index (κ1) is 50.3. The number of hydrogen-bond donors (Lipinski definition) is 0. The lowest BCUT2D eigenvalue weighted by molar-refractivity contribution is 0.480. The van der Waals surface area contributed by atoms with Gasteiger partial charge in [-0.1, -0.05) is 192 Å². The molecule has 76 heavy (non-hydrogen) atoms. The lowest BCUT2D eigenvalue weighted by Gasteiger charge is -2.30. The molecule has 0 atom stereocenters. The van der Waals surface area contributed by atoms with Crippen molar-refractivity contribution >= 4 is 44.6 Å². The van der Waals surface area contributed by atoms with Gasteiger partial charge in [0, 0.05) is 45.9 Å². The molecule has 0 spiro atoms. The van der Waals surface area contributed by atoms with E-state index in [1.54, 1.807) is 0 Å². The monoisotopic (exact) mass is 997 g/mol. The van der Waals surface area contributed by atoms with Crippen LogP contribution in [-0.2, 0) is 16.2 Å². The summed E-state index contributed by atoms with van der Waals surface area (Å²) in [5.74, 6) is 3.13. The average Bonchev–Trinajstić information content (AvgIpc) is 3.97. The molecule has 0 saturated carbocycles. The minimum Gasteiger partial charge on any atom is -0.457 e. The number of aromatic nitrogens is 2. The normalized spacial score (nSPS) is 13.1. The molecule has 3 heterocycles. The highest BCUT2D eigenvalue weighted by Crippen LogP contribution is 2.51. The zero-order chi connectivity index (χ0) is 53.3. The van der Waals surface area contributed by atoms with E-state index in [0.29, 0.717) is 18.5 Å². The highest BCUT2D eigenvalue weighted by molar-refractivity contribution is 6.09. The molecule has 0 bridgehead atoms. The van der Waals surface area contributed by atoms with Gasteiger partial charge in [0.2, 0.25) is 0 Å². The van der Waals surface area contributed by atoms with Gasteiger partial charge in [-0.15, -0.1) is 0 Å². The predicted molar refractivity (Wildman–Crippen MR) is 322 cm³/mol. The van der Waals surface area contributed by atoms with Crippen LogP contribution in [0.5, 0.6) is 11.5 Å².